The zero-order chi connectivity index (χ0) is 18.6. The summed E-state index contributed by atoms with van der Waals surface area (Å²) in [5, 5.41) is 12.9. The number of carbonyl (C=O) groups excluding carboxylic acids is 1. The van der Waals surface area contributed by atoms with Crippen LogP contribution in [-0.4, -0.2) is 31.8 Å². The summed E-state index contributed by atoms with van der Waals surface area (Å²) in [5.74, 6) is -0.145. The van der Waals surface area contributed by atoms with E-state index >= 15 is 0 Å². The maximum Gasteiger partial charge on any atom is 0.259 e. The Labute approximate surface area is 161 Å². The van der Waals surface area contributed by atoms with E-state index in [4.69, 9.17) is 0 Å². The van der Waals surface area contributed by atoms with Crippen LogP contribution in [0.15, 0.2) is 64.5 Å². The lowest BCUT2D eigenvalue weighted by Crippen LogP contribution is -2.15. The Kier molecular flexibility index (Phi) is 4.95. The Bertz CT molecular complexity index is 1160. The van der Waals surface area contributed by atoms with Crippen LogP contribution in [0.1, 0.15) is 0 Å². The van der Waals surface area contributed by atoms with Gasteiger partial charge >= 0.3 is 0 Å². The number of rotatable bonds is 5. The van der Waals surface area contributed by atoms with Gasteiger partial charge in [-0.25, -0.2) is 4.98 Å². The van der Waals surface area contributed by atoms with E-state index in [2.05, 4.69) is 25.5 Å². The molecule has 4 rings (SSSR count). The van der Waals surface area contributed by atoms with Crippen LogP contribution in [0.2, 0.25) is 0 Å². The molecule has 0 spiro atoms. The molecule has 0 fully saturated rings. The fourth-order valence-electron chi connectivity index (χ4n) is 2.39. The molecule has 2 heterocycles. The van der Waals surface area contributed by atoms with Gasteiger partial charge in [-0.05, 0) is 12.1 Å². The van der Waals surface area contributed by atoms with E-state index in [1.165, 1.54) is 11.3 Å². The summed E-state index contributed by atoms with van der Waals surface area (Å²) >= 11 is 2.46. The third-order valence-corrected chi connectivity index (χ3v) is 5.38. The summed E-state index contributed by atoms with van der Waals surface area (Å²) in [6.45, 7) is 0. The molecule has 0 atom stereocenters. The van der Waals surface area contributed by atoms with Crippen molar-refractivity contribution in [1.82, 2.24) is 20.2 Å². The maximum atomic E-state index is 12.2. The van der Waals surface area contributed by atoms with Crippen molar-refractivity contribution in [3.63, 3.8) is 0 Å². The number of amides is 1. The molecule has 4 aromatic rings. The van der Waals surface area contributed by atoms with Crippen LogP contribution >= 0.6 is 23.1 Å². The highest BCUT2D eigenvalue weighted by molar-refractivity contribution is 7.99. The number of hydrogen-bond donors (Lipinski definition) is 2. The van der Waals surface area contributed by atoms with Gasteiger partial charge in [0.2, 0.25) is 11.0 Å². The Morgan fingerprint density at radius 1 is 1.07 bits per heavy atom. The fraction of sp³-hybridized carbons (Fsp3) is 0.0556. The molecule has 27 heavy (non-hydrogen) atoms. The smallest absolute Gasteiger partial charge is 0.259 e. The summed E-state index contributed by atoms with van der Waals surface area (Å²) in [7, 11) is 0. The predicted octanol–water partition coefficient (Wildman–Crippen LogP) is 3.17. The molecule has 2 N–H and O–H groups in total. The topological polar surface area (TPSA) is 101 Å². The van der Waals surface area contributed by atoms with E-state index in [1.807, 2.05) is 36.4 Å². The molecule has 0 radical (unpaired) electrons. The first-order chi connectivity index (χ1) is 13.2. The van der Waals surface area contributed by atoms with E-state index in [1.54, 1.807) is 18.2 Å². The molecule has 0 aliphatic rings. The van der Waals surface area contributed by atoms with E-state index in [-0.39, 0.29) is 17.2 Å². The minimum Gasteiger partial charge on any atom is -0.301 e. The van der Waals surface area contributed by atoms with E-state index in [0.717, 1.165) is 22.3 Å². The van der Waals surface area contributed by atoms with E-state index < -0.39 is 0 Å². The van der Waals surface area contributed by atoms with Gasteiger partial charge in [0.1, 0.15) is 5.01 Å². The third kappa shape index (κ3) is 4.04. The Hall–Kier alpha value is -3.04. The molecule has 0 aliphatic carbocycles. The molecular weight excluding hydrogens is 382 g/mol. The van der Waals surface area contributed by atoms with Gasteiger partial charge in [0.25, 0.3) is 5.56 Å². The molecular formula is C18H13N5O2S2. The highest BCUT2D eigenvalue weighted by atomic mass is 32.2. The van der Waals surface area contributed by atoms with Crippen LogP contribution in [0.4, 0.5) is 5.13 Å². The largest absolute Gasteiger partial charge is 0.301 e. The van der Waals surface area contributed by atoms with Crippen LogP contribution < -0.4 is 10.9 Å². The first-order valence-electron chi connectivity index (χ1n) is 8.00. The van der Waals surface area contributed by atoms with Crippen molar-refractivity contribution in [1.29, 1.82) is 0 Å². The van der Waals surface area contributed by atoms with E-state index in [9.17, 15) is 9.59 Å². The normalized spacial score (nSPS) is 10.8. The van der Waals surface area contributed by atoms with Gasteiger partial charge in [0, 0.05) is 5.56 Å². The Morgan fingerprint density at radius 2 is 1.85 bits per heavy atom. The van der Waals surface area contributed by atoms with E-state index in [0.29, 0.717) is 21.2 Å². The lowest BCUT2D eigenvalue weighted by atomic mass is 10.2. The van der Waals surface area contributed by atoms with Crippen LogP contribution in [-0.2, 0) is 4.79 Å². The van der Waals surface area contributed by atoms with Crippen LogP contribution in [0, 0.1) is 0 Å². The number of nitrogens with zero attached hydrogens (tertiary/aromatic N) is 3. The number of thioether (sulfide) groups is 1. The van der Waals surface area contributed by atoms with Crippen molar-refractivity contribution in [3.05, 3.63) is 65.0 Å². The van der Waals surface area contributed by atoms with Gasteiger partial charge in [-0.3, -0.25) is 14.9 Å². The highest BCUT2D eigenvalue weighted by Crippen LogP contribution is 2.26. The van der Waals surface area contributed by atoms with Crippen molar-refractivity contribution in [2.24, 2.45) is 0 Å². The van der Waals surface area contributed by atoms with Gasteiger partial charge < -0.3 is 4.98 Å². The Morgan fingerprint density at radius 3 is 2.70 bits per heavy atom. The molecule has 9 heteroatoms. The van der Waals surface area contributed by atoms with Gasteiger partial charge in [-0.1, -0.05) is 65.6 Å². The fourth-order valence-corrected chi connectivity index (χ4v) is 3.83. The standard InChI is InChI=1S/C18H13N5O2S2/c24-14(20-18-23-22-16(27-18)11-6-2-1-3-7-11)10-26-17-19-13-9-5-4-8-12(13)15(25)21-17/h1-9H,10H2,(H,19,21,25)(H,20,23,24). The molecule has 0 saturated carbocycles. The molecule has 0 aliphatic heterocycles. The number of anilines is 1. The van der Waals surface area contributed by atoms with Crippen molar-refractivity contribution in [2.75, 3.05) is 11.1 Å². The number of hydrogen-bond acceptors (Lipinski definition) is 7. The lowest BCUT2D eigenvalue weighted by molar-refractivity contribution is -0.113. The number of aromatic nitrogens is 4. The van der Waals surface area contributed by atoms with Crippen LogP contribution in [0.5, 0.6) is 0 Å². The Balaban J connectivity index is 1.40. The number of carbonyl (C=O) groups is 1. The second-order valence-electron chi connectivity index (χ2n) is 5.50. The molecule has 0 unspecified atom stereocenters. The van der Waals surface area contributed by atoms with Crippen molar-refractivity contribution < 1.29 is 4.79 Å². The summed E-state index contributed by atoms with van der Waals surface area (Å²) in [5.41, 5.74) is 1.32. The number of nitrogens with one attached hydrogen (secondary N) is 2. The quantitative estimate of drug-likeness (QED) is 0.398. The second kappa shape index (κ2) is 7.68. The second-order valence-corrected chi connectivity index (χ2v) is 7.45. The number of benzene rings is 2. The first kappa shape index (κ1) is 17.4. The lowest BCUT2D eigenvalue weighted by Gasteiger charge is -2.03. The average molecular weight is 395 g/mol. The number of H-pyrrole nitrogens is 1. The SMILES string of the molecule is O=C(CSc1nc2ccccc2c(=O)[nH]1)Nc1nnc(-c2ccccc2)s1. The third-order valence-electron chi connectivity index (χ3n) is 3.62. The van der Waals surface area contributed by atoms with Gasteiger partial charge in [-0.15, -0.1) is 10.2 Å². The molecule has 2 aromatic carbocycles. The minimum absolute atomic E-state index is 0.0987. The number of fused-ring (bicyclic) bond motifs is 1. The van der Waals surface area contributed by atoms with Crippen molar-refractivity contribution >= 4 is 45.0 Å². The van der Waals surface area contributed by atoms with Gasteiger partial charge in [0.15, 0.2) is 5.16 Å². The molecule has 1 amide bonds. The van der Waals surface area contributed by atoms with Crippen LogP contribution in [0.25, 0.3) is 21.5 Å². The summed E-state index contributed by atoms with van der Waals surface area (Å²) in [6.07, 6.45) is 0. The summed E-state index contributed by atoms with van der Waals surface area (Å²) in [4.78, 5) is 31.3. The zero-order valence-electron chi connectivity index (χ0n) is 13.9. The van der Waals surface area contributed by atoms with Gasteiger partial charge in [-0.2, -0.15) is 0 Å². The predicted molar refractivity (Wildman–Crippen MR) is 107 cm³/mol. The average Bonchev–Trinajstić information content (AvgIpc) is 3.16. The first-order valence-corrected chi connectivity index (χ1v) is 9.80. The molecule has 134 valence electrons. The molecule has 2 aromatic heterocycles. The number of aromatic amines is 1. The van der Waals surface area contributed by atoms with Crippen LogP contribution in [0.3, 0.4) is 0 Å². The van der Waals surface area contributed by atoms with Crippen molar-refractivity contribution in [2.45, 2.75) is 5.16 Å². The number of para-hydroxylation sites is 1. The summed E-state index contributed by atoms with van der Waals surface area (Å²) < 4.78 is 0. The zero-order valence-corrected chi connectivity index (χ0v) is 15.5. The molecule has 0 saturated heterocycles. The molecule has 0 bridgehead atoms. The van der Waals surface area contributed by atoms with Crippen molar-refractivity contribution in [3.8, 4) is 10.6 Å². The monoisotopic (exact) mass is 395 g/mol. The minimum atomic E-state index is -0.244. The maximum absolute atomic E-state index is 12.2. The highest BCUT2D eigenvalue weighted by Gasteiger charge is 2.11. The van der Waals surface area contributed by atoms with Gasteiger partial charge in [0.05, 0.1) is 16.7 Å². The summed E-state index contributed by atoms with van der Waals surface area (Å²) in [6, 6.07) is 16.7. The molecule has 7 nitrogen and oxygen atoms in total.